The minimum Gasteiger partial charge on any atom is -0.481 e. The molecule has 9 heteroatoms. The van der Waals surface area contributed by atoms with Crippen molar-refractivity contribution in [2.45, 2.75) is 58.6 Å². The van der Waals surface area contributed by atoms with Crippen LogP contribution in [-0.2, 0) is 20.9 Å². The van der Waals surface area contributed by atoms with E-state index in [0.717, 1.165) is 36.9 Å². The molecule has 1 aromatic heterocycles. The Morgan fingerprint density at radius 3 is 2.55 bits per heavy atom. The van der Waals surface area contributed by atoms with Crippen molar-refractivity contribution in [3.05, 3.63) is 65.2 Å². The number of amides is 1. The molecular formula is C31H41FN2O6. The van der Waals surface area contributed by atoms with Crippen LogP contribution in [0.5, 0.6) is 0 Å². The fourth-order valence-electron chi connectivity index (χ4n) is 4.68. The average molecular weight is 557 g/mol. The number of carbonyl (C=O) groups excluding carboxylic acids is 1. The van der Waals surface area contributed by atoms with Gasteiger partial charge in [0.1, 0.15) is 17.2 Å². The lowest BCUT2D eigenvalue weighted by atomic mass is 9.91. The summed E-state index contributed by atoms with van der Waals surface area (Å²) in [5, 5.41) is 13.2. The van der Waals surface area contributed by atoms with E-state index in [1.54, 1.807) is 32.4 Å². The van der Waals surface area contributed by atoms with Gasteiger partial charge in [-0.05, 0) is 54.8 Å². The molecular weight excluding hydrogens is 515 g/mol. The summed E-state index contributed by atoms with van der Waals surface area (Å²) >= 11 is 0. The third-order valence-electron chi connectivity index (χ3n) is 7.04. The Hall–Kier alpha value is -3.43. The fraction of sp³-hybridized carbons (Fsp3) is 0.484. The second kappa shape index (κ2) is 15.4. The molecule has 0 saturated carbocycles. The molecule has 2 N–H and O–H groups in total. The highest BCUT2D eigenvalue weighted by atomic mass is 19.1. The van der Waals surface area contributed by atoms with Crippen LogP contribution in [0.2, 0.25) is 0 Å². The Bertz CT molecular complexity index is 1240. The molecule has 0 saturated heterocycles. The number of nitrogens with one attached hydrogen (secondary N) is 1. The number of methoxy groups -OCH3 is 1. The molecule has 8 nitrogen and oxygen atoms in total. The van der Waals surface area contributed by atoms with Crippen LogP contribution in [0.4, 0.5) is 10.1 Å². The smallest absolute Gasteiger partial charge is 0.305 e. The number of furan rings is 1. The summed E-state index contributed by atoms with van der Waals surface area (Å²) in [6.45, 7) is 5.58. The van der Waals surface area contributed by atoms with E-state index in [-0.39, 0.29) is 43.3 Å². The predicted octanol–water partition coefficient (Wildman–Crippen LogP) is 6.65. The zero-order chi connectivity index (χ0) is 29.1. The summed E-state index contributed by atoms with van der Waals surface area (Å²) in [4.78, 5) is 25.0. The van der Waals surface area contributed by atoms with E-state index in [9.17, 15) is 14.0 Å². The van der Waals surface area contributed by atoms with Crippen LogP contribution < -0.4 is 5.32 Å². The number of unbranched alkanes of at least 4 members (excludes halogenated alkanes) is 2. The number of anilines is 1. The molecule has 0 bridgehead atoms. The van der Waals surface area contributed by atoms with Crippen LogP contribution in [0.15, 0.2) is 46.9 Å². The summed E-state index contributed by atoms with van der Waals surface area (Å²) in [6.07, 6.45) is 4.16. The first-order valence-electron chi connectivity index (χ1n) is 13.9. The molecule has 2 aromatic carbocycles. The van der Waals surface area contributed by atoms with Crippen molar-refractivity contribution in [1.29, 1.82) is 0 Å². The number of fused-ring (bicyclic) bond motifs is 1. The van der Waals surface area contributed by atoms with Gasteiger partial charge >= 0.3 is 5.97 Å². The zero-order valence-corrected chi connectivity index (χ0v) is 23.9. The topological polar surface area (TPSA) is 101 Å². The van der Waals surface area contributed by atoms with Crippen molar-refractivity contribution < 1.29 is 33.0 Å². The molecule has 3 aromatic rings. The number of aliphatic carboxylic acids is 1. The molecule has 40 heavy (non-hydrogen) atoms. The molecule has 3 rings (SSSR count). The summed E-state index contributed by atoms with van der Waals surface area (Å²) in [7, 11) is 3.20. The van der Waals surface area contributed by atoms with Crippen molar-refractivity contribution in [3.8, 4) is 0 Å². The van der Waals surface area contributed by atoms with Crippen molar-refractivity contribution in [2.24, 2.45) is 5.92 Å². The van der Waals surface area contributed by atoms with Crippen LogP contribution in [0.3, 0.4) is 0 Å². The Labute approximate surface area is 235 Å². The number of hydrogen-bond donors (Lipinski definition) is 2. The van der Waals surface area contributed by atoms with Gasteiger partial charge in [0.05, 0.1) is 32.3 Å². The van der Waals surface area contributed by atoms with Gasteiger partial charge in [0.2, 0.25) is 0 Å². The van der Waals surface area contributed by atoms with Crippen LogP contribution in [0, 0.1) is 11.7 Å². The van der Waals surface area contributed by atoms with Crippen LogP contribution in [-0.4, -0.2) is 55.8 Å². The fourth-order valence-corrected chi connectivity index (χ4v) is 4.68. The quantitative estimate of drug-likeness (QED) is 0.180. The minimum absolute atomic E-state index is 0.113. The van der Waals surface area contributed by atoms with Crippen molar-refractivity contribution in [2.75, 3.05) is 39.2 Å². The molecule has 0 radical (unpaired) electrons. The standard InChI is InChI=1S/C31H41FN2O6/c1-5-6-7-8-21(2)29(33-24-12-9-22(10-13-24)31(37)34(3)16-15-28(35)36)30-26(20-39-18-17-38-4)25-19-23(32)11-14-27(25)40-30/h9-14,19,21,29,33H,5-8,15-18,20H2,1-4H3,(H,35,36). The number of ether oxygens (including phenoxy) is 2. The first-order valence-corrected chi connectivity index (χ1v) is 13.9. The van der Waals surface area contributed by atoms with Crippen LogP contribution in [0.1, 0.15) is 73.7 Å². The van der Waals surface area contributed by atoms with Crippen molar-refractivity contribution in [3.63, 3.8) is 0 Å². The molecule has 2 unspecified atom stereocenters. The second-order valence-electron chi connectivity index (χ2n) is 10.2. The number of carbonyl (C=O) groups is 2. The van der Waals surface area contributed by atoms with Gasteiger partial charge in [-0.15, -0.1) is 0 Å². The number of benzene rings is 2. The summed E-state index contributed by atoms with van der Waals surface area (Å²) < 4.78 is 31.6. The van der Waals surface area contributed by atoms with Gasteiger partial charge in [-0.25, -0.2) is 4.39 Å². The van der Waals surface area contributed by atoms with Gasteiger partial charge < -0.3 is 29.2 Å². The lowest BCUT2D eigenvalue weighted by Gasteiger charge is -2.26. The van der Waals surface area contributed by atoms with E-state index >= 15 is 0 Å². The van der Waals surface area contributed by atoms with E-state index in [0.29, 0.717) is 35.5 Å². The van der Waals surface area contributed by atoms with E-state index in [2.05, 4.69) is 19.2 Å². The van der Waals surface area contributed by atoms with Gasteiger partial charge in [-0.3, -0.25) is 9.59 Å². The van der Waals surface area contributed by atoms with Gasteiger partial charge in [-0.1, -0.05) is 33.1 Å². The zero-order valence-electron chi connectivity index (χ0n) is 23.9. The van der Waals surface area contributed by atoms with Crippen molar-refractivity contribution >= 4 is 28.5 Å². The molecule has 0 aliphatic heterocycles. The molecule has 0 aliphatic carbocycles. The minimum atomic E-state index is -0.949. The van der Waals surface area contributed by atoms with E-state index in [1.165, 1.54) is 17.0 Å². The van der Waals surface area contributed by atoms with Gasteiger partial charge in [0.15, 0.2) is 0 Å². The lowest BCUT2D eigenvalue weighted by molar-refractivity contribution is -0.137. The first-order chi connectivity index (χ1) is 19.2. The number of halogens is 1. The third-order valence-corrected chi connectivity index (χ3v) is 7.04. The average Bonchev–Trinajstić information content (AvgIpc) is 3.29. The molecule has 2 atom stereocenters. The second-order valence-corrected chi connectivity index (χ2v) is 10.2. The third kappa shape index (κ3) is 8.53. The van der Waals surface area contributed by atoms with Gasteiger partial charge in [0, 0.05) is 42.9 Å². The van der Waals surface area contributed by atoms with Crippen LogP contribution in [0.25, 0.3) is 11.0 Å². The maximum Gasteiger partial charge on any atom is 0.305 e. The molecule has 1 amide bonds. The van der Waals surface area contributed by atoms with E-state index in [4.69, 9.17) is 19.0 Å². The normalized spacial score (nSPS) is 12.8. The summed E-state index contributed by atoms with van der Waals surface area (Å²) in [5.41, 5.74) is 2.67. The highest BCUT2D eigenvalue weighted by molar-refractivity contribution is 5.94. The van der Waals surface area contributed by atoms with Gasteiger partial charge in [-0.2, -0.15) is 0 Å². The number of hydrogen-bond acceptors (Lipinski definition) is 6. The van der Waals surface area contributed by atoms with E-state index < -0.39 is 5.97 Å². The molecule has 218 valence electrons. The highest BCUT2D eigenvalue weighted by Gasteiger charge is 2.28. The molecule has 0 spiro atoms. The highest BCUT2D eigenvalue weighted by Crippen LogP contribution is 2.38. The SMILES string of the molecule is CCCCCC(C)C(Nc1ccc(C(=O)N(C)CCC(=O)O)cc1)c1oc2ccc(F)cc2c1COCCOC. The summed E-state index contributed by atoms with van der Waals surface area (Å²) in [5.74, 6) is -0.650. The van der Waals surface area contributed by atoms with Gasteiger partial charge in [0.25, 0.3) is 5.91 Å². The largest absolute Gasteiger partial charge is 0.481 e. The van der Waals surface area contributed by atoms with Crippen molar-refractivity contribution in [1.82, 2.24) is 4.90 Å². The maximum absolute atomic E-state index is 14.3. The monoisotopic (exact) mass is 556 g/mol. The number of rotatable bonds is 17. The van der Waals surface area contributed by atoms with E-state index in [1.807, 2.05) is 12.1 Å². The number of carboxylic acids is 1. The first kappa shape index (κ1) is 31.1. The predicted molar refractivity (Wildman–Crippen MR) is 153 cm³/mol. The maximum atomic E-state index is 14.3. The molecule has 1 heterocycles. The molecule has 0 aliphatic rings. The lowest BCUT2D eigenvalue weighted by Crippen LogP contribution is -2.29. The Morgan fingerprint density at radius 2 is 1.88 bits per heavy atom. The number of carboxylic acid groups (broad SMARTS) is 1. The Morgan fingerprint density at radius 1 is 1.12 bits per heavy atom. The number of nitrogens with zero attached hydrogens (tertiary/aromatic N) is 1. The molecule has 0 fully saturated rings. The Kier molecular flexibility index (Phi) is 12.0. The van der Waals surface area contributed by atoms with Crippen LogP contribution >= 0.6 is 0 Å². The summed E-state index contributed by atoms with van der Waals surface area (Å²) in [6, 6.07) is 11.4. The Balaban J connectivity index is 1.91.